The van der Waals surface area contributed by atoms with Crippen molar-refractivity contribution in [3.8, 4) is 0 Å². The van der Waals surface area contributed by atoms with Gasteiger partial charge in [0.05, 0.1) is 5.69 Å². The Morgan fingerprint density at radius 3 is 2.83 bits per heavy atom. The van der Waals surface area contributed by atoms with E-state index in [1.807, 2.05) is 32.9 Å². The van der Waals surface area contributed by atoms with Gasteiger partial charge >= 0.3 is 0 Å². The number of benzene rings is 1. The summed E-state index contributed by atoms with van der Waals surface area (Å²) >= 11 is 0. The van der Waals surface area contributed by atoms with Crippen molar-refractivity contribution in [3.63, 3.8) is 0 Å². The van der Waals surface area contributed by atoms with E-state index in [1.54, 1.807) is 6.07 Å². The first-order chi connectivity index (χ1) is 11.6. The van der Waals surface area contributed by atoms with E-state index in [0.717, 1.165) is 30.0 Å². The summed E-state index contributed by atoms with van der Waals surface area (Å²) < 4.78 is 19.4. The Labute approximate surface area is 141 Å². The van der Waals surface area contributed by atoms with Crippen molar-refractivity contribution in [2.45, 2.75) is 45.7 Å². The number of hydrogen-bond donors (Lipinski definition) is 2. The second-order valence-corrected chi connectivity index (χ2v) is 6.06. The van der Waals surface area contributed by atoms with Crippen LogP contribution in [-0.4, -0.2) is 23.5 Å². The van der Waals surface area contributed by atoms with E-state index in [1.165, 1.54) is 6.07 Å². The summed E-state index contributed by atoms with van der Waals surface area (Å²) in [6, 6.07) is 7.16. The third kappa shape index (κ3) is 3.75. The molecule has 1 fully saturated rings. The molecule has 5 nitrogen and oxygen atoms in total. The molecule has 1 aliphatic carbocycles. The van der Waals surface area contributed by atoms with Gasteiger partial charge in [-0.05, 0) is 38.8 Å². The van der Waals surface area contributed by atoms with Crippen molar-refractivity contribution < 1.29 is 8.81 Å². The topological polar surface area (TPSA) is 62.5 Å². The Morgan fingerprint density at radius 1 is 1.38 bits per heavy atom. The van der Waals surface area contributed by atoms with Crippen LogP contribution in [0.15, 0.2) is 33.7 Å². The molecule has 2 unspecified atom stereocenters. The summed E-state index contributed by atoms with van der Waals surface area (Å²) in [4.78, 5) is 8.85. The van der Waals surface area contributed by atoms with Crippen molar-refractivity contribution in [1.29, 1.82) is 0 Å². The summed E-state index contributed by atoms with van der Waals surface area (Å²) in [5.41, 5.74) is 1.66. The molecular formula is C18H23FN4O. The monoisotopic (exact) mass is 330 g/mol. The average Bonchev–Trinajstić information content (AvgIpc) is 3.23. The second-order valence-electron chi connectivity index (χ2n) is 6.06. The van der Waals surface area contributed by atoms with Crippen molar-refractivity contribution in [3.05, 3.63) is 53.0 Å². The number of hydrogen-bond acceptors (Lipinski definition) is 3. The normalized spacial score (nSPS) is 20.1. The summed E-state index contributed by atoms with van der Waals surface area (Å²) in [6.07, 6.45) is 0.905. The van der Waals surface area contributed by atoms with Gasteiger partial charge in [0, 0.05) is 18.5 Å². The van der Waals surface area contributed by atoms with Crippen LogP contribution in [0, 0.1) is 19.7 Å². The maximum absolute atomic E-state index is 13.9. The lowest BCUT2D eigenvalue weighted by Crippen LogP contribution is -2.39. The van der Waals surface area contributed by atoms with Crippen LogP contribution in [0.4, 0.5) is 4.39 Å². The SMILES string of the molecule is CCNC(=NCc1nc(C)c(C)o1)NC1CC1c1ccccc1F. The first-order valence-corrected chi connectivity index (χ1v) is 8.30. The number of nitrogens with zero attached hydrogens (tertiary/aromatic N) is 2. The zero-order valence-electron chi connectivity index (χ0n) is 14.3. The summed E-state index contributed by atoms with van der Waals surface area (Å²) in [5.74, 6) is 2.18. The van der Waals surface area contributed by atoms with Gasteiger partial charge in [0.15, 0.2) is 5.96 Å². The van der Waals surface area contributed by atoms with Crippen LogP contribution in [0.2, 0.25) is 0 Å². The molecule has 2 atom stereocenters. The number of aromatic nitrogens is 1. The van der Waals surface area contributed by atoms with Crippen LogP contribution in [-0.2, 0) is 6.54 Å². The maximum Gasteiger partial charge on any atom is 0.216 e. The number of nitrogens with one attached hydrogen (secondary N) is 2. The van der Waals surface area contributed by atoms with E-state index in [0.29, 0.717) is 18.4 Å². The van der Waals surface area contributed by atoms with Gasteiger partial charge in [0.25, 0.3) is 0 Å². The van der Waals surface area contributed by atoms with Crippen LogP contribution in [0.25, 0.3) is 0 Å². The molecular weight excluding hydrogens is 307 g/mol. The zero-order valence-corrected chi connectivity index (χ0v) is 14.3. The second kappa shape index (κ2) is 7.03. The molecule has 1 saturated carbocycles. The summed E-state index contributed by atoms with van der Waals surface area (Å²) in [7, 11) is 0. The highest BCUT2D eigenvalue weighted by molar-refractivity contribution is 5.80. The molecule has 0 aliphatic heterocycles. The third-order valence-corrected chi connectivity index (χ3v) is 4.21. The number of rotatable bonds is 5. The minimum atomic E-state index is -0.139. The van der Waals surface area contributed by atoms with Gasteiger partial charge in [-0.1, -0.05) is 18.2 Å². The van der Waals surface area contributed by atoms with E-state index >= 15 is 0 Å². The number of aryl methyl sites for hydroxylation is 2. The molecule has 1 aromatic carbocycles. The number of oxazole rings is 1. The first-order valence-electron chi connectivity index (χ1n) is 8.30. The Morgan fingerprint density at radius 2 is 2.17 bits per heavy atom. The number of aliphatic imine (C=N–C) groups is 1. The van der Waals surface area contributed by atoms with Gasteiger partial charge in [-0.15, -0.1) is 0 Å². The Balaban J connectivity index is 1.62. The highest BCUT2D eigenvalue weighted by Crippen LogP contribution is 2.41. The van der Waals surface area contributed by atoms with Gasteiger partial charge in [0.1, 0.15) is 18.1 Å². The minimum Gasteiger partial charge on any atom is -0.444 e. The highest BCUT2D eigenvalue weighted by Gasteiger charge is 2.40. The molecule has 1 aliphatic rings. The van der Waals surface area contributed by atoms with Crippen molar-refractivity contribution in [1.82, 2.24) is 15.6 Å². The van der Waals surface area contributed by atoms with Crippen LogP contribution < -0.4 is 10.6 Å². The lowest BCUT2D eigenvalue weighted by molar-refractivity contribution is 0.472. The molecule has 2 aromatic rings. The van der Waals surface area contributed by atoms with E-state index in [-0.39, 0.29) is 17.8 Å². The lowest BCUT2D eigenvalue weighted by atomic mass is 10.1. The zero-order chi connectivity index (χ0) is 17.1. The molecule has 0 saturated heterocycles. The molecule has 0 bridgehead atoms. The fourth-order valence-corrected chi connectivity index (χ4v) is 2.72. The van der Waals surface area contributed by atoms with E-state index in [2.05, 4.69) is 20.6 Å². The van der Waals surface area contributed by atoms with E-state index in [4.69, 9.17) is 4.42 Å². The smallest absolute Gasteiger partial charge is 0.216 e. The van der Waals surface area contributed by atoms with E-state index < -0.39 is 0 Å². The molecule has 6 heteroatoms. The summed E-state index contributed by atoms with van der Waals surface area (Å²) in [5, 5.41) is 6.57. The van der Waals surface area contributed by atoms with Crippen LogP contribution in [0.5, 0.6) is 0 Å². The predicted molar refractivity (Wildman–Crippen MR) is 91.5 cm³/mol. The van der Waals surface area contributed by atoms with Crippen LogP contribution in [0.3, 0.4) is 0 Å². The van der Waals surface area contributed by atoms with Gasteiger partial charge in [-0.2, -0.15) is 0 Å². The molecule has 0 spiro atoms. The van der Waals surface area contributed by atoms with Crippen LogP contribution >= 0.6 is 0 Å². The third-order valence-electron chi connectivity index (χ3n) is 4.21. The highest BCUT2D eigenvalue weighted by atomic mass is 19.1. The van der Waals surface area contributed by atoms with Crippen molar-refractivity contribution in [2.24, 2.45) is 4.99 Å². The Kier molecular flexibility index (Phi) is 4.83. The van der Waals surface area contributed by atoms with Gasteiger partial charge in [-0.25, -0.2) is 14.4 Å². The fraction of sp³-hybridized carbons (Fsp3) is 0.444. The van der Waals surface area contributed by atoms with Crippen molar-refractivity contribution >= 4 is 5.96 Å². The van der Waals surface area contributed by atoms with E-state index in [9.17, 15) is 4.39 Å². The summed E-state index contributed by atoms with van der Waals surface area (Å²) in [6.45, 7) is 6.95. The Hall–Kier alpha value is -2.37. The van der Waals surface area contributed by atoms with Crippen LogP contribution in [0.1, 0.15) is 42.2 Å². The van der Waals surface area contributed by atoms with Gasteiger partial charge in [0.2, 0.25) is 5.89 Å². The predicted octanol–water partition coefficient (Wildman–Crippen LogP) is 3.04. The molecule has 2 N–H and O–H groups in total. The molecule has 1 aromatic heterocycles. The number of halogens is 1. The largest absolute Gasteiger partial charge is 0.444 e. The van der Waals surface area contributed by atoms with Gasteiger partial charge < -0.3 is 15.1 Å². The maximum atomic E-state index is 13.9. The fourth-order valence-electron chi connectivity index (χ4n) is 2.72. The Bertz CT molecular complexity index is 721. The molecule has 0 amide bonds. The lowest BCUT2D eigenvalue weighted by Gasteiger charge is -2.11. The van der Waals surface area contributed by atoms with Gasteiger partial charge in [-0.3, -0.25) is 0 Å². The average molecular weight is 330 g/mol. The molecule has 1 heterocycles. The molecule has 24 heavy (non-hydrogen) atoms. The van der Waals surface area contributed by atoms with Crippen molar-refractivity contribution in [2.75, 3.05) is 6.54 Å². The molecule has 0 radical (unpaired) electrons. The minimum absolute atomic E-state index is 0.139. The quantitative estimate of drug-likeness (QED) is 0.653. The molecule has 3 rings (SSSR count). The first kappa shape index (κ1) is 16.5. The number of guanidine groups is 1. The molecule has 128 valence electrons. The standard InChI is InChI=1S/C18H23FN4O/c1-4-20-18(21-10-17-22-11(2)12(3)24-17)23-16-9-14(16)13-7-5-6-8-15(13)19/h5-8,14,16H,4,9-10H2,1-3H3,(H2,20,21,23).